The van der Waals surface area contributed by atoms with Gasteiger partial charge in [0.15, 0.2) is 0 Å². The predicted octanol–water partition coefficient (Wildman–Crippen LogP) is 4.10. The molecule has 2 fully saturated rings. The molecule has 1 saturated heterocycles. The summed E-state index contributed by atoms with van der Waals surface area (Å²) in [5, 5.41) is 3.46. The summed E-state index contributed by atoms with van der Waals surface area (Å²) in [5.74, 6) is 1.86. The monoisotopic (exact) mass is 261 g/mol. The van der Waals surface area contributed by atoms with Crippen LogP contribution in [0.15, 0.2) is 24.3 Å². The van der Waals surface area contributed by atoms with Crippen LogP contribution < -0.4 is 5.32 Å². The molecule has 2 aliphatic rings. The molecule has 0 amide bonds. The van der Waals surface area contributed by atoms with E-state index in [-0.39, 0.29) is 5.82 Å². The number of halogens is 1. The van der Waals surface area contributed by atoms with Gasteiger partial charge in [0.25, 0.3) is 0 Å². The Bertz CT molecular complexity index is 411. The number of hydrogen-bond donors (Lipinski definition) is 1. The molecule has 1 N–H and O–H groups in total. The van der Waals surface area contributed by atoms with Gasteiger partial charge in [0.1, 0.15) is 5.82 Å². The van der Waals surface area contributed by atoms with E-state index in [1.54, 1.807) is 12.1 Å². The quantitative estimate of drug-likeness (QED) is 0.845. The minimum Gasteiger partial charge on any atom is -0.316 e. The molecule has 1 aliphatic carbocycles. The second-order valence-electron chi connectivity index (χ2n) is 6.18. The molecule has 1 nitrogen and oxygen atoms in total. The largest absolute Gasteiger partial charge is 0.316 e. The van der Waals surface area contributed by atoms with E-state index in [1.807, 2.05) is 12.1 Å². The molecule has 1 aromatic rings. The molecule has 104 valence electrons. The van der Waals surface area contributed by atoms with E-state index in [1.165, 1.54) is 38.5 Å². The number of rotatable bonds is 2. The molecule has 2 heteroatoms. The number of hydrogen-bond acceptors (Lipinski definition) is 1. The third-order valence-corrected chi connectivity index (χ3v) is 5.10. The van der Waals surface area contributed by atoms with E-state index >= 15 is 0 Å². The van der Waals surface area contributed by atoms with Crippen LogP contribution in [0.2, 0.25) is 0 Å². The van der Waals surface area contributed by atoms with Crippen molar-refractivity contribution in [3.05, 3.63) is 35.6 Å². The van der Waals surface area contributed by atoms with E-state index in [2.05, 4.69) is 5.32 Å². The standard InChI is InChI=1S/C17H24FN/c18-17-9-5-4-8-15(17)16-12-19-11-10-14(16)13-6-2-1-3-7-13/h4-5,8-9,13-14,16,19H,1-3,6-7,10-12H2. The van der Waals surface area contributed by atoms with Gasteiger partial charge in [0, 0.05) is 12.5 Å². The Kier molecular flexibility index (Phi) is 4.17. The molecule has 0 aromatic heterocycles. The molecule has 2 atom stereocenters. The molecule has 1 aliphatic heterocycles. The van der Waals surface area contributed by atoms with Gasteiger partial charge in [-0.15, -0.1) is 0 Å². The maximum absolute atomic E-state index is 14.1. The zero-order chi connectivity index (χ0) is 13.1. The van der Waals surface area contributed by atoms with Gasteiger partial charge in [0.05, 0.1) is 0 Å². The van der Waals surface area contributed by atoms with Gasteiger partial charge in [-0.2, -0.15) is 0 Å². The summed E-state index contributed by atoms with van der Waals surface area (Å²) in [4.78, 5) is 0. The Hall–Kier alpha value is -0.890. The molecule has 0 bridgehead atoms. The summed E-state index contributed by atoms with van der Waals surface area (Å²) in [5.41, 5.74) is 0.935. The van der Waals surface area contributed by atoms with Crippen molar-refractivity contribution in [3.63, 3.8) is 0 Å². The zero-order valence-corrected chi connectivity index (χ0v) is 11.6. The second-order valence-corrected chi connectivity index (χ2v) is 6.18. The van der Waals surface area contributed by atoms with Crippen LogP contribution in [0.25, 0.3) is 0 Å². The van der Waals surface area contributed by atoms with Crippen LogP contribution in [0.1, 0.15) is 50.0 Å². The van der Waals surface area contributed by atoms with Crippen LogP contribution in [-0.4, -0.2) is 13.1 Å². The fourth-order valence-electron chi connectivity index (χ4n) is 4.12. The van der Waals surface area contributed by atoms with Crippen molar-refractivity contribution in [1.29, 1.82) is 0 Å². The molecule has 1 aromatic carbocycles. The van der Waals surface area contributed by atoms with Gasteiger partial charge in [-0.3, -0.25) is 0 Å². The predicted molar refractivity (Wildman–Crippen MR) is 76.7 cm³/mol. The maximum atomic E-state index is 14.1. The molecule has 0 radical (unpaired) electrons. The molecule has 2 unspecified atom stereocenters. The summed E-state index contributed by atoms with van der Waals surface area (Å²) in [6.07, 6.45) is 8.07. The van der Waals surface area contributed by atoms with E-state index < -0.39 is 0 Å². The molecular formula is C17H24FN. The average molecular weight is 261 g/mol. The van der Waals surface area contributed by atoms with E-state index in [4.69, 9.17) is 0 Å². The molecule has 1 heterocycles. The Morgan fingerprint density at radius 3 is 2.58 bits per heavy atom. The SMILES string of the molecule is Fc1ccccc1C1CNCCC1C1CCCCC1. The Balaban J connectivity index is 1.82. The first-order chi connectivity index (χ1) is 9.36. The van der Waals surface area contributed by atoms with Crippen LogP contribution >= 0.6 is 0 Å². The summed E-state index contributed by atoms with van der Waals surface area (Å²) in [6, 6.07) is 7.38. The smallest absolute Gasteiger partial charge is 0.126 e. The number of piperidine rings is 1. The highest BCUT2D eigenvalue weighted by Gasteiger charge is 2.34. The van der Waals surface area contributed by atoms with Crippen LogP contribution in [0.5, 0.6) is 0 Å². The highest BCUT2D eigenvalue weighted by Crippen LogP contribution is 2.41. The molecule has 0 spiro atoms. The van der Waals surface area contributed by atoms with Gasteiger partial charge in [-0.05, 0) is 36.4 Å². The fourth-order valence-corrected chi connectivity index (χ4v) is 4.12. The Labute approximate surface area is 115 Å². The minimum atomic E-state index is -0.0167. The highest BCUT2D eigenvalue weighted by atomic mass is 19.1. The van der Waals surface area contributed by atoms with Gasteiger partial charge in [-0.25, -0.2) is 4.39 Å². The zero-order valence-electron chi connectivity index (χ0n) is 11.6. The summed E-state index contributed by atoms with van der Waals surface area (Å²) >= 11 is 0. The van der Waals surface area contributed by atoms with Crippen molar-refractivity contribution < 1.29 is 4.39 Å². The van der Waals surface area contributed by atoms with Crippen molar-refractivity contribution in [3.8, 4) is 0 Å². The van der Waals surface area contributed by atoms with Crippen molar-refractivity contribution in [2.45, 2.75) is 44.4 Å². The minimum absolute atomic E-state index is 0.0167. The van der Waals surface area contributed by atoms with Crippen molar-refractivity contribution >= 4 is 0 Å². The van der Waals surface area contributed by atoms with Crippen LogP contribution in [0.3, 0.4) is 0 Å². The van der Waals surface area contributed by atoms with E-state index in [0.29, 0.717) is 11.8 Å². The summed E-state index contributed by atoms with van der Waals surface area (Å²) in [7, 11) is 0. The Morgan fingerprint density at radius 1 is 1.00 bits per heavy atom. The highest BCUT2D eigenvalue weighted by molar-refractivity contribution is 5.24. The lowest BCUT2D eigenvalue weighted by Crippen LogP contribution is -2.39. The van der Waals surface area contributed by atoms with Crippen LogP contribution in [-0.2, 0) is 0 Å². The van der Waals surface area contributed by atoms with E-state index in [9.17, 15) is 4.39 Å². The van der Waals surface area contributed by atoms with E-state index in [0.717, 1.165) is 24.6 Å². The average Bonchev–Trinajstić information content (AvgIpc) is 2.49. The van der Waals surface area contributed by atoms with Gasteiger partial charge >= 0.3 is 0 Å². The van der Waals surface area contributed by atoms with Crippen molar-refractivity contribution in [2.24, 2.45) is 11.8 Å². The summed E-state index contributed by atoms with van der Waals surface area (Å²) in [6.45, 7) is 2.05. The van der Waals surface area contributed by atoms with Crippen LogP contribution in [0, 0.1) is 17.7 Å². The maximum Gasteiger partial charge on any atom is 0.126 e. The fraction of sp³-hybridized carbons (Fsp3) is 0.647. The van der Waals surface area contributed by atoms with Gasteiger partial charge < -0.3 is 5.32 Å². The van der Waals surface area contributed by atoms with Crippen molar-refractivity contribution in [1.82, 2.24) is 5.32 Å². The normalized spacial score (nSPS) is 29.3. The third-order valence-electron chi connectivity index (χ3n) is 5.10. The molecule has 1 saturated carbocycles. The second kappa shape index (κ2) is 6.04. The topological polar surface area (TPSA) is 12.0 Å². The Morgan fingerprint density at radius 2 is 1.79 bits per heavy atom. The first kappa shape index (κ1) is 13.1. The number of nitrogens with one attached hydrogen (secondary N) is 1. The van der Waals surface area contributed by atoms with Crippen molar-refractivity contribution in [2.75, 3.05) is 13.1 Å². The molecule has 3 rings (SSSR count). The third kappa shape index (κ3) is 2.84. The first-order valence-corrected chi connectivity index (χ1v) is 7.81. The van der Waals surface area contributed by atoms with Gasteiger partial charge in [-0.1, -0.05) is 50.3 Å². The van der Waals surface area contributed by atoms with Crippen LogP contribution in [0.4, 0.5) is 4.39 Å². The summed E-state index contributed by atoms with van der Waals surface area (Å²) < 4.78 is 14.1. The van der Waals surface area contributed by atoms with Gasteiger partial charge in [0.2, 0.25) is 0 Å². The molecular weight excluding hydrogens is 237 g/mol. The number of benzene rings is 1. The lowest BCUT2D eigenvalue weighted by Gasteiger charge is -2.39. The molecule has 19 heavy (non-hydrogen) atoms. The first-order valence-electron chi connectivity index (χ1n) is 7.81. The lowest BCUT2D eigenvalue weighted by molar-refractivity contribution is 0.176. The lowest BCUT2D eigenvalue weighted by atomic mass is 9.69.